The molecule has 2 N–H and O–H groups in total. The van der Waals surface area contributed by atoms with Crippen molar-refractivity contribution in [3.63, 3.8) is 0 Å². The quantitative estimate of drug-likeness (QED) is 0.899. The first-order chi connectivity index (χ1) is 8.56. The molecule has 18 heavy (non-hydrogen) atoms. The summed E-state index contributed by atoms with van der Waals surface area (Å²) in [4.78, 5) is 11.7. The van der Waals surface area contributed by atoms with Gasteiger partial charge in [0.1, 0.15) is 11.8 Å². The molecule has 98 valence electrons. The Morgan fingerprint density at radius 1 is 1.56 bits per heavy atom. The van der Waals surface area contributed by atoms with Crippen molar-refractivity contribution in [3.8, 4) is 5.75 Å². The van der Waals surface area contributed by atoms with Gasteiger partial charge >= 0.3 is 0 Å². The Bertz CT molecular complexity index is 476. The van der Waals surface area contributed by atoms with Crippen molar-refractivity contribution >= 4 is 27.5 Å². The van der Waals surface area contributed by atoms with Gasteiger partial charge in [-0.3, -0.25) is 4.79 Å². The molecule has 0 radical (unpaired) electrons. The van der Waals surface area contributed by atoms with E-state index in [0.717, 1.165) is 27.9 Å². The molecule has 0 spiro atoms. The maximum absolute atomic E-state index is 11.7. The van der Waals surface area contributed by atoms with Crippen LogP contribution in [0.5, 0.6) is 5.75 Å². The van der Waals surface area contributed by atoms with E-state index in [1.54, 1.807) is 7.05 Å². The van der Waals surface area contributed by atoms with Crippen molar-refractivity contribution in [3.05, 3.63) is 22.2 Å². The highest BCUT2D eigenvalue weighted by Gasteiger charge is 2.30. The Morgan fingerprint density at radius 2 is 2.28 bits per heavy atom. The number of fused-ring (bicyclic) bond motifs is 1. The summed E-state index contributed by atoms with van der Waals surface area (Å²) in [6.45, 7) is 4.10. The highest BCUT2D eigenvalue weighted by molar-refractivity contribution is 9.10. The van der Waals surface area contributed by atoms with Crippen LogP contribution in [-0.2, 0) is 4.79 Å². The second-order valence-electron chi connectivity index (χ2n) is 4.42. The van der Waals surface area contributed by atoms with Crippen LogP contribution >= 0.6 is 15.9 Å². The predicted molar refractivity (Wildman–Crippen MR) is 75.0 cm³/mol. The molecular weight excluding hydrogens is 296 g/mol. The molecule has 1 heterocycles. The summed E-state index contributed by atoms with van der Waals surface area (Å²) in [5.74, 6) is 0.736. The van der Waals surface area contributed by atoms with Gasteiger partial charge in [0.05, 0.1) is 10.6 Å². The number of hydrogen-bond donors (Lipinski definition) is 2. The monoisotopic (exact) mass is 312 g/mol. The summed E-state index contributed by atoms with van der Waals surface area (Å²) in [7, 11) is 1.77. The van der Waals surface area contributed by atoms with E-state index < -0.39 is 0 Å². The molecule has 1 aliphatic rings. The molecule has 1 amide bonds. The van der Waals surface area contributed by atoms with Gasteiger partial charge in [0.15, 0.2) is 0 Å². The van der Waals surface area contributed by atoms with Crippen LogP contribution in [0, 0.1) is 0 Å². The lowest BCUT2D eigenvalue weighted by molar-refractivity contribution is -0.117. The number of amides is 1. The Labute approximate surface area is 115 Å². The zero-order chi connectivity index (χ0) is 13.3. The average Bonchev–Trinajstić information content (AvgIpc) is 2.64. The molecule has 0 bridgehead atoms. The number of benzene rings is 1. The number of anilines is 1. The van der Waals surface area contributed by atoms with Crippen molar-refractivity contribution in [1.29, 1.82) is 0 Å². The fourth-order valence-corrected chi connectivity index (χ4v) is 2.39. The Hall–Kier alpha value is -1.07. The van der Waals surface area contributed by atoms with E-state index in [1.165, 1.54) is 0 Å². The smallest absolute Gasteiger partial charge is 0.246 e. The number of halogens is 1. The van der Waals surface area contributed by atoms with E-state index in [1.807, 2.05) is 19.1 Å². The van der Waals surface area contributed by atoms with E-state index in [0.29, 0.717) is 0 Å². The molecule has 0 aliphatic carbocycles. The van der Waals surface area contributed by atoms with Gasteiger partial charge in [0.25, 0.3) is 0 Å². The van der Waals surface area contributed by atoms with Crippen LogP contribution in [0.2, 0.25) is 0 Å². The molecule has 0 fully saturated rings. The molecule has 2 unspecified atom stereocenters. The number of rotatable bonds is 4. The van der Waals surface area contributed by atoms with Gasteiger partial charge in [0, 0.05) is 17.3 Å². The van der Waals surface area contributed by atoms with Gasteiger partial charge in [0.2, 0.25) is 5.91 Å². The Balaban J connectivity index is 2.33. The van der Waals surface area contributed by atoms with Crippen molar-refractivity contribution < 1.29 is 9.53 Å². The highest BCUT2D eigenvalue weighted by atomic mass is 79.9. The van der Waals surface area contributed by atoms with E-state index in [-0.39, 0.29) is 18.1 Å². The van der Waals surface area contributed by atoms with Crippen LogP contribution in [-0.4, -0.2) is 19.1 Å². The zero-order valence-corrected chi connectivity index (χ0v) is 12.3. The zero-order valence-electron chi connectivity index (χ0n) is 10.7. The summed E-state index contributed by atoms with van der Waals surface area (Å²) in [6.07, 6.45) is 1.09. The summed E-state index contributed by atoms with van der Waals surface area (Å²) in [5, 5.41) is 5.85. The third kappa shape index (κ3) is 2.37. The highest BCUT2D eigenvalue weighted by Crippen LogP contribution is 2.38. The number of hydrogen-bond acceptors (Lipinski definition) is 3. The Kier molecular flexibility index (Phi) is 3.92. The minimum absolute atomic E-state index is 0.0277. The van der Waals surface area contributed by atoms with Gasteiger partial charge in [-0.1, -0.05) is 6.92 Å². The number of carbonyl (C=O) groups excluding carboxylic acids is 1. The molecule has 4 nitrogen and oxygen atoms in total. The fourth-order valence-electron chi connectivity index (χ4n) is 1.94. The van der Waals surface area contributed by atoms with Gasteiger partial charge in [-0.15, -0.1) is 0 Å². The van der Waals surface area contributed by atoms with Crippen molar-refractivity contribution in [1.82, 2.24) is 5.32 Å². The largest absolute Gasteiger partial charge is 0.489 e. The maximum atomic E-state index is 11.7. The van der Waals surface area contributed by atoms with Crippen molar-refractivity contribution in [2.45, 2.75) is 32.4 Å². The van der Waals surface area contributed by atoms with E-state index in [9.17, 15) is 4.79 Å². The molecule has 0 saturated carbocycles. The van der Waals surface area contributed by atoms with E-state index >= 15 is 0 Å². The number of nitrogens with one attached hydrogen (secondary N) is 2. The summed E-state index contributed by atoms with van der Waals surface area (Å²) >= 11 is 3.49. The SMILES string of the molecule is CCC(C)Oc1cc2c(cc1Br)C(NC)C(=O)N2. The normalized spacial score (nSPS) is 19.3. The van der Waals surface area contributed by atoms with Gasteiger partial charge in [-0.2, -0.15) is 0 Å². The molecule has 5 heteroatoms. The topological polar surface area (TPSA) is 50.4 Å². The molecule has 2 rings (SSSR count). The van der Waals surface area contributed by atoms with Crippen molar-refractivity contribution in [2.24, 2.45) is 0 Å². The maximum Gasteiger partial charge on any atom is 0.246 e. The third-order valence-electron chi connectivity index (χ3n) is 3.13. The first-order valence-electron chi connectivity index (χ1n) is 6.05. The van der Waals surface area contributed by atoms with Gasteiger partial charge in [-0.05, 0) is 42.4 Å². The van der Waals surface area contributed by atoms with E-state index in [4.69, 9.17) is 4.74 Å². The van der Waals surface area contributed by atoms with Crippen LogP contribution in [0.4, 0.5) is 5.69 Å². The number of likely N-dealkylation sites (N-methyl/N-ethyl adjacent to an activating group) is 1. The molecule has 1 aliphatic heterocycles. The summed E-state index contributed by atoms with van der Waals surface area (Å²) in [5.41, 5.74) is 1.77. The minimum Gasteiger partial charge on any atom is -0.489 e. The van der Waals surface area contributed by atoms with Gasteiger partial charge in [-0.25, -0.2) is 0 Å². The van der Waals surface area contributed by atoms with Crippen molar-refractivity contribution in [2.75, 3.05) is 12.4 Å². The van der Waals surface area contributed by atoms with Crippen LogP contribution in [0.1, 0.15) is 31.9 Å². The lowest BCUT2D eigenvalue weighted by atomic mass is 10.1. The first kappa shape index (κ1) is 13.4. The summed E-state index contributed by atoms with van der Waals surface area (Å²) in [6, 6.07) is 3.53. The van der Waals surface area contributed by atoms with Crippen LogP contribution < -0.4 is 15.4 Å². The number of carbonyl (C=O) groups is 1. The predicted octanol–water partition coefficient (Wildman–Crippen LogP) is 2.84. The van der Waals surface area contributed by atoms with E-state index in [2.05, 4.69) is 33.5 Å². The second-order valence-corrected chi connectivity index (χ2v) is 5.27. The van der Waals surface area contributed by atoms with Crippen LogP contribution in [0.25, 0.3) is 0 Å². The molecule has 1 aromatic rings. The third-order valence-corrected chi connectivity index (χ3v) is 3.75. The first-order valence-corrected chi connectivity index (χ1v) is 6.84. The molecule has 2 atom stereocenters. The molecule has 0 saturated heterocycles. The molecular formula is C13H17BrN2O2. The average molecular weight is 313 g/mol. The van der Waals surface area contributed by atoms with Crippen LogP contribution in [0.15, 0.2) is 16.6 Å². The number of ether oxygens (including phenoxy) is 1. The standard InChI is InChI=1S/C13H17BrN2O2/c1-4-7(2)18-11-6-10-8(5-9(11)14)12(15-3)13(17)16-10/h5-7,12,15H,4H2,1-3H3,(H,16,17). The minimum atomic E-state index is -0.283. The van der Waals surface area contributed by atoms with Gasteiger partial charge < -0.3 is 15.4 Å². The summed E-state index contributed by atoms with van der Waals surface area (Å²) < 4.78 is 6.68. The van der Waals surface area contributed by atoms with Crippen LogP contribution in [0.3, 0.4) is 0 Å². The lowest BCUT2D eigenvalue weighted by Crippen LogP contribution is -2.23. The lowest BCUT2D eigenvalue weighted by Gasteiger charge is -2.15. The molecule has 1 aromatic carbocycles. The Morgan fingerprint density at radius 3 is 2.89 bits per heavy atom. The second kappa shape index (κ2) is 5.28. The fraction of sp³-hybridized carbons (Fsp3) is 0.462. The molecule has 0 aromatic heterocycles.